The van der Waals surface area contributed by atoms with Crippen molar-refractivity contribution in [3.05, 3.63) is 29.3 Å². The topological polar surface area (TPSA) is 75.3 Å². The second kappa shape index (κ2) is 6.06. The van der Waals surface area contributed by atoms with Gasteiger partial charge in [0.05, 0.1) is 0 Å². The Morgan fingerprint density at radius 3 is 2.74 bits per heavy atom. The zero-order valence-corrected chi connectivity index (χ0v) is 11.4. The summed E-state index contributed by atoms with van der Waals surface area (Å²) in [6, 6.07) is 5.35. The van der Waals surface area contributed by atoms with Gasteiger partial charge in [-0.15, -0.1) is 0 Å². The third-order valence-corrected chi connectivity index (χ3v) is 3.99. The van der Waals surface area contributed by atoms with Crippen LogP contribution in [0.4, 0.5) is 0 Å². The van der Waals surface area contributed by atoms with E-state index in [1.165, 1.54) is 0 Å². The number of phenolic OH excluding ortho intramolecular Hbond substituents is 1. The molecule has 0 radical (unpaired) electrons. The number of amides is 1. The summed E-state index contributed by atoms with van der Waals surface area (Å²) in [4.78, 5) is 12.1. The quantitative estimate of drug-likeness (QED) is 0.779. The molecule has 0 spiro atoms. The van der Waals surface area contributed by atoms with Crippen LogP contribution >= 0.6 is 0 Å². The van der Waals surface area contributed by atoms with Gasteiger partial charge >= 0.3 is 0 Å². The summed E-state index contributed by atoms with van der Waals surface area (Å²) in [5.74, 6) is 0.584. The lowest BCUT2D eigenvalue weighted by molar-refractivity contribution is 0.0942. The first kappa shape index (κ1) is 13.9. The number of aromatic hydroxyl groups is 1. The average Bonchev–Trinajstić information content (AvgIpc) is 2.41. The fourth-order valence-corrected chi connectivity index (χ4v) is 2.59. The van der Waals surface area contributed by atoms with E-state index in [9.17, 15) is 9.90 Å². The summed E-state index contributed by atoms with van der Waals surface area (Å²) in [5.41, 5.74) is 7.04. The molecule has 1 fully saturated rings. The van der Waals surface area contributed by atoms with Crippen LogP contribution in [0.1, 0.15) is 41.6 Å². The highest BCUT2D eigenvalue weighted by molar-refractivity contribution is 5.96. The molecule has 2 rings (SSSR count). The molecule has 1 saturated carbocycles. The highest BCUT2D eigenvalue weighted by Gasteiger charge is 2.19. The van der Waals surface area contributed by atoms with E-state index in [4.69, 9.17) is 5.73 Å². The van der Waals surface area contributed by atoms with Gasteiger partial charge in [-0.05, 0) is 50.7 Å². The van der Waals surface area contributed by atoms with Gasteiger partial charge < -0.3 is 16.2 Å². The van der Waals surface area contributed by atoms with Crippen molar-refractivity contribution >= 4 is 5.91 Å². The first-order valence-corrected chi connectivity index (χ1v) is 6.90. The molecule has 0 heterocycles. The van der Waals surface area contributed by atoms with Gasteiger partial charge in [-0.3, -0.25) is 4.79 Å². The average molecular weight is 262 g/mol. The highest BCUT2D eigenvalue weighted by Crippen LogP contribution is 2.23. The maximum absolute atomic E-state index is 12.1. The Bertz CT molecular complexity index is 451. The van der Waals surface area contributed by atoms with Gasteiger partial charge in [-0.1, -0.05) is 6.07 Å². The molecule has 4 nitrogen and oxygen atoms in total. The number of carbonyl (C=O) groups is 1. The van der Waals surface area contributed by atoms with E-state index in [-0.39, 0.29) is 11.7 Å². The number of carbonyl (C=O) groups excluding carboxylic acids is 1. The van der Waals surface area contributed by atoms with Crippen molar-refractivity contribution < 1.29 is 9.90 Å². The van der Waals surface area contributed by atoms with E-state index < -0.39 is 0 Å². The van der Waals surface area contributed by atoms with Crippen LogP contribution in [0.5, 0.6) is 5.75 Å². The van der Waals surface area contributed by atoms with Crippen LogP contribution in [0.25, 0.3) is 0 Å². The Morgan fingerprint density at radius 1 is 1.37 bits per heavy atom. The Hall–Kier alpha value is -1.55. The third-order valence-electron chi connectivity index (χ3n) is 3.99. The predicted octanol–water partition coefficient (Wildman–Crippen LogP) is 1.95. The van der Waals surface area contributed by atoms with Gasteiger partial charge in [0.1, 0.15) is 5.75 Å². The van der Waals surface area contributed by atoms with Crippen molar-refractivity contribution in [2.24, 2.45) is 11.7 Å². The van der Waals surface area contributed by atoms with Gasteiger partial charge in [0, 0.05) is 23.7 Å². The van der Waals surface area contributed by atoms with E-state index in [1.807, 2.05) is 0 Å². The maximum atomic E-state index is 12.1. The standard InChI is InChI=1S/C15H22N2O2/c1-10-13(3-2-4-14(10)18)15(19)17-9-11-5-7-12(16)8-6-11/h2-4,11-12,18H,5-9,16H2,1H3,(H,17,19). The molecule has 1 amide bonds. The summed E-state index contributed by atoms with van der Waals surface area (Å²) in [5, 5.41) is 12.6. The van der Waals surface area contributed by atoms with Gasteiger partial charge in [0.15, 0.2) is 0 Å². The van der Waals surface area contributed by atoms with Crippen LogP contribution in [0.15, 0.2) is 18.2 Å². The van der Waals surface area contributed by atoms with E-state index in [0.29, 0.717) is 29.6 Å². The van der Waals surface area contributed by atoms with Gasteiger partial charge in [-0.25, -0.2) is 0 Å². The van der Waals surface area contributed by atoms with Crippen LogP contribution in [0.3, 0.4) is 0 Å². The molecule has 1 aliphatic rings. The fourth-order valence-electron chi connectivity index (χ4n) is 2.59. The SMILES string of the molecule is Cc1c(O)cccc1C(=O)NCC1CCC(N)CC1. The van der Waals surface area contributed by atoms with E-state index in [2.05, 4.69) is 5.32 Å². The highest BCUT2D eigenvalue weighted by atomic mass is 16.3. The second-order valence-electron chi connectivity index (χ2n) is 5.44. The normalized spacial score (nSPS) is 23.1. The molecule has 1 aliphatic carbocycles. The van der Waals surface area contributed by atoms with Crippen LogP contribution in [-0.2, 0) is 0 Å². The zero-order valence-electron chi connectivity index (χ0n) is 11.4. The molecular formula is C15H22N2O2. The Kier molecular flexibility index (Phi) is 4.43. The summed E-state index contributed by atoms with van der Waals surface area (Å²) >= 11 is 0. The second-order valence-corrected chi connectivity index (χ2v) is 5.44. The number of rotatable bonds is 3. The molecular weight excluding hydrogens is 240 g/mol. The van der Waals surface area contributed by atoms with E-state index in [1.54, 1.807) is 25.1 Å². The van der Waals surface area contributed by atoms with E-state index in [0.717, 1.165) is 25.7 Å². The van der Waals surface area contributed by atoms with Gasteiger partial charge in [-0.2, -0.15) is 0 Å². The lowest BCUT2D eigenvalue weighted by atomic mass is 9.86. The van der Waals surface area contributed by atoms with Crippen LogP contribution in [0.2, 0.25) is 0 Å². The number of nitrogens with two attached hydrogens (primary N) is 1. The van der Waals surface area contributed by atoms with Crippen LogP contribution in [0, 0.1) is 12.8 Å². The number of hydrogen-bond donors (Lipinski definition) is 3. The lowest BCUT2D eigenvalue weighted by Crippen LogP contribution is -2.34. The minimum Gasteiger partial charge on any atom is -0.508 e. The fraction of sp³-hybridized carbons (Fsp3) is 0.533. The predicted molar refractivity (Wildman–Crippen MR) is 75.1 cm³/mol. The Morgan fingerprint density at radius 2 is 2.05 bits per heavy atom. The molecule has 0 saturated heterocycles. The lowest BCUT2D eigenvalue weighted by Gasteiger charge is -2.26. The molecule has 19 heavy (non-hydrogen) atoms. The van der Waals surface area contributed by atoms with Crippen molar-refractivity contribution in [1.82, 2.24) is 5.32 Å². The van der Waals surface area contributed by atoms with Crippen molar-refractivity contribution in [1.29, 1.82) is 0 Å². The largest absolute Gasteiger partial charge is 0.508 e. The zero-order chi connectivity index (χ0) is 13.8. The molecule has 104 valence electrons. The monoisotopic (exact) mass is 262 g/mol. The van der Waals surface area contributed by atoms with Gasteiger partial charge in [0.25, 0.3) is 5.91 Å². The smallest absolute Gasteiger partial charge is 0.251 e. The molecule has 0 aliphatic heterocycles. The molecule has 0 unspecified atom stereocenters. The minimum atomic E-state index is -0.108. The molecule has 4 N–H and O–H groups in total. The number of phenols is 1. The molecule has 4 heteroatoms. The molecule has 0 atom stereocenters. The molecule has 0 bridgehead atoms. The van der Waals surface area contributed by atoms with Crippen molar-refractivity contribution in [3.8, 4) is 5.75 Å². The number of hydrogen-bond acceptors (Lipinski definition) is 3. The van der Waals surface area contributed by atoms with E-state index >= 15 is 0 Å². The summed E-state index contributed by atoms with van der Waals surface area (Å²) < 4.78 is 0. The Labute approximate surface area is 114 Å². The minimum absolute atomic E-state index is 0.108. The number of benzene rings is 1. The summed E-state index contributed by atoms with van der Waals surface area (Å²) in [6.07, 6.45) is 4.26. The Balaban J connectivity index is 1.89. The van der Waals surface area contributed by atoms with Crippen molar-refractivity contribution in [2.45, 2.75) is 38.6 Å². The summed E-state index contributed by atoms with van der Waals surface area (Å²) in [7, 11) is 0. The van der Waals surface area contributed by atoms with Crippen LogP contribution in [-0.4, -0.2) is 23.6 Å². The summed E-state index contributed by atoms with van der Waals surface area (Å²) in [6.45, 7) is 2.45. The first-order chi connectivity index (χ1) is 9.08. The van der Waals surface area contributed by atoms with Crippen molar-refractivity contribution in [3.63, 3.8) is 0 Å². The van der Waals surface area contributed by atoms with Gasteiger partial charge in [0.2, 0.25) is 0 Å². The molecule has 0 aromatic heterocycles. The third kappa shape index (κ3) is 3.47. The van der Waals surface area contributed by atoms with Crippen molar-refractivity contribution in [2.75, 3.05) is 6.54 Å². The first-order valence-electron chi connectivity index (χ1n) is 6.90. The number of nitrogens with one attached hydrogen (secondary N) is 1. The molecule has 1 aromatic rings. The molecule has 1 aromatic carbocycles. The van der Waals surface area contributed by atoms with Crippen LogP contribution < -0.4 is 11.1 Å². The maximum Gasteiger partial charge on any atom is 0.251 e.